The van der Waals surface area contributed by atoms with Crippen molar-refractivity contribution in [2.75, 3.05) is 26.3 Å². The summed E-state index contributed by atoms with van der Waals surface area (Å²) in [4.78, 5) is 6.50. The van der Waals surface area contributed by atoms with Crippen molar-refractivity contribution in [3.63, 3.8) is 0 Å². The Morgan fingerprint density at radius 3 is 2.81 bits per heavy atom. The van der Waals surface area contributed by atoms with E-state index in [1.54, 1.807) is 12.4 Å². The minimum Gasteiger partial charge on any atom is -0.490 e. The van der Waals surface area contributed by atoms with Gasteiger partial charge in [0.05, 0.1) is 31.1 Å². The SMILES string of the molecule is c1ccc(COCCN2Cc3ccnn3C(COc3cccnc3)C2)cc1. The molecule has 0 bridgehead atoms. The lowest BCUT2D eigenvalue weighted by molar-refractivity contribution is 0.0677. The first kappa shape index (κ1) is 17.7. The number of ether oxygens (including phenoxy) is 2. The number of fused-ring (bicyclic) bond motifs is 1. The summed E-state index contributed by atoms with van der Waals surface area (Å²) in [7, 11) is 0. The zero-order valence-corrected chi connectivity index (χ0v) is 15.3. The molecule has 6 nitrogen and oxygen atoms in total. The van der Waals surface area contributed by atoms with Gasteiger partial charge in [0, 0.05) is 32.0 Å². The van der Waals surface area contributed by atoms with Gasteiger partial charge < -0.3 is 9.47 Å². The van der Waals surface area contributed by atoms with E-state index < -0.39 is 0 Å². The number of pyridine rings is 1. The summed E-state index contributed by atoms with van der Waals surface area (Å²) in [5.41, 5.74) is 2.42. The maximum Gasteiger partial charge on any atom is 0.137 e. The lowest BCUT2D eigenvalue weighted by Crippen LogP contribution is -2.41. The average Bonchev–Trinajstić information content (AvgIpc) is 3.20. The smallest absolute Gasteiger partial charge is 0.137 e. The predicted molar refractivity (Wildman–Crippen MR) is 102 cm³/mol. The standard InChI is InChI=1S/C21H24N4O2/c1-2-5-18(6-3-1)16-26-12-11-24-14-19-8-10-23-25(19)20(15-24)17-27-21-7-4-9-22-13-21/h1-10,13,20H,11-12,14-17H2. The molecule has 0 fully saturated rings. The maximum atomic E-state index is 5.92. The monoisotopic (exact) mass is 364 g/mol. The van der Waals surface area contributed by atoms with Crippen LogP contribution in [0.3, 0.4) is 0 Å². The molecular formula is C21H24N4O2. The average molecular weight is 364 g/mol. The molecule has 0 aliphatic carbocycles. The van der Waals surface area contributed by atoms with Crippen molar-refractivity contribution in [3.8, 4) is 5.75 Å². The molecule has 1 atom stereocenters. The molecule has 0 saturated heterocycles. The van der Waals surface area contributed by atoms with Crippen LogP contribution in [0.4, 0.5) is 0 Å². The van der Waals surface area contributed by atoms with Crippen molar-refractivity contribution in [2.45, 2.75) is 19.2 Å². The van der Waals surface area contributed by atoms with E-state index in [1.165, 1.54) is 11.3 Å². The molecular weight excluding hydrogens is 340 g/mol. The van der Waals surface area contributed by atoms with E-state index in [1.807, 2.05) is 36.5 Å². The quantitative estimate of drug-likeness (QED) is 0.575. The summed E-state index contributed by atoms with van der Waals surface area (Å²) < 4.78 is 13.9. The van der Waals surface area contributed by atoms with Crippen LogP contribution in [-0.2, 0) is 17.9 Å². The zero-order valence-electron chi connectivity index (χ0n) is 15.3. The first-order chi connectivity index (χ1) is 13.4. The van der Waals surface area contributed by atoms with Crippen molar-refractivity contribution in [1.29, 1.82) is 0 Å². The zero-order chi connectivity index (χ0) is 18.3. The summed E-state index contributed by atoms with van der Waals surface area (Å²) in [6, 6.07) is 16.3. The van der Waals surface area contributed by atoms with E-state index in [0.717, 1.165) is 25.4 Å². The number of hydrogen-bond donors (Lipinski definition) is 0. The van der Waals surface area contributed by atoms with E-state index in [2.05, 4.69) is 37.9 Å². The second kappa shape index (κ2) is 8.79. The first-order valence-corrected chi connectivity index (χ1v) is 9.28. The largest absolute Gasteiger partial charge is 0.490 e. The maximum absolute atomic E-state index is 5.92. The van der Waals surface area contributed by atoms with E-state index in [-0.39, 0.29) is 6.04 Å². The van der Waals surface area contributed by atoms with Crippen LogP contribution in [0.25, 0.3) is 0 Å². The fraction of sp³-hybridized carbons (Fsp3) is 0.333. The van der Waals surface area contributed by atoms with Gasteiger partial charge in [-0.25, -0.2) is 0 Å². The van der Waals surface area contributed by atoms with Gasteiger partial charge in [-0.15, -0.1) is 0 Å². The predicted octanol–water partition coefficient (Wildman–Crippen LogP) is 2.93. The molecule has 2 aromatic heterocycles. The Kier molecular flexibility index (Phi) is 5.76. The molecule has 0 N–H and O–H groups in total. The minimum absolute atomic E-state index is 0.179. The van der Waals surface area contributed by atoms with E-state index >= 15 is 0 Å². The Bertz CT molecular complexity index is 822. The highest BCUT2D eigenvalue weighted by atomic mass is 16.5. The van der Waals surface area contributed by atoms with Gasteiger partial charge in [0.2, 0.25) is 0 Å². The van der Waals surface area contributed by atoms with Gasteiger partial charge in [-0.1, -0.05) is 30.3 Å². The summed E-state index contributed by atoms with van der Waals surface area (Å²) in [6.45, 7) is 4.60. The van der Waals surface area contributed by atoms with Crippen LogP contribution in [0.15, 0.2) is 67.1 Å². The van der Waals surface area contributed by atoms with Crippen LogP contribution >= 0.6 is 0 Å². The van der Waals surface area contributed by atoms with Crippen molar-refractivity contribution >= 4 is 0 Å². The van der Waals surface area contributed by atoms with Gasteiger partial charge in [-0.3, -0.25) is 14.6 Å². The highest BCUT2D eigenvalue weighted by molar-refractivity contribution is 5.16. The van der Waals surface area contributed by atoms with Crippen molar-refractivity contribution < 1.29 is 9.47 Å². The highest BCUT2D eigenvalue weighted by Gasteiger charge is 2.25. The number of hydrogen-bond acceptors (Lipinski definition) is 5. The minimum atomic E-state index is 0.179. The number of nitrogens with zero attached hydrogens (tertiary/aromatic N) is 4. The van der Waals surface area contributed by atoms with Crippen LogP contribution in [0, 0.1) is 0 Å². The lowest BCUT2D eigenvalue weighted by atomic mass is 10.2. The Labute approximate surface area is 159 Å². The van der Waals surface area contributed by atoms with E-state index in [9.17, 15) is 0 Å². The van der Waals surface area contributed by atoms with Crippen LogP contribution in [0.2, 0.25) is 0 Å². The van der Waals surface area contributed by atoms with Crippen LogP contribution in [0.1, 0.15) is 17.3 Å². The Morgan fingerprint density at radius 1 is 1.04 bits per heavy atom. The molecule has 1 aliphatic heterocycles. The third-order valence-electron chi connectivity index (χ3n) is 4.69. The fourth-order valence-corrected chi connectivity index (χ4v) is 3.34. The van der Waals surface area contributed by atoms with Crippen molar-refractivity contribution in [1.82, 2.24) is 19.7 Å². The Hall–Kier alpha value is -2.70. The third kappa shape index (κ3) is 4.72. The van der Waals surface area contributed by atoms with Gasteiger partial charge >= 0.3 is 0 Å². The van der Waals surface area contributed by atoms with Gasteiger partial charge in [0.15, 0.2) is 0 Å². The van der Waals surface area contributed by atoms with Gasteiger partial charge in [0.1, 0.15) is 12.4 Å². The Morgan fingerprint density at radius 2 is 1.96 bits per heavy atom. The molecule has 140 valence electrons. The normalized spacial score (nSPS) is 16.8. The van der Waals surface area contributed by atoms with E-state index in [4.69, 9.17) is 9.47 Å². The second-order valence-electron chi connectivity index (χ2n) is 6.69. The van der Waals surface area contributed by atoms with E-state index in [0.29, 0.717) is 19.8 Å². The summed E-state index contributed by atoms with van der Waals surface area (Å²) in [5, 5.41) is 4.48. The van der Waals surface area contributed by atoms with Crippen LogP contribution in [0.5, 0.6) is 5.75 Å². The van der Waals surface area contributed by atoms with Crippen molar-refractivity contribution in [2.24, 2.45) is 0 Å². The third-order valence-corrected chi connectivity index (χ3v) is 4.69. The lowest BCUT2D eigenvalue weighted by Gasteiger charge is -2.33. The molecule has 0 spiro atoms. The molecule has 3 heterocycles. The molecule has 27 heavy (non-hydrogen) atoms. The summed E-state index contributed by atoms with van der Waals surface area (Å²) in [5.74, 6) is 0.787. The molecule has 0 amide bonds. The number of benzene rings is 1. The Balaban J connectivity index is 1.29. The van der Waals surface area contributed by atoms with Crippen LogP contribution < -0.4 is 4.74 Å². The molecule has 0 radical (unpaired) electrons. The molecule has 3 aromatic rings. The molecule has 1 aliphatic rings. The van der Waals surface area contributed by atoms with Gasteiger partial charge in [-0.2, -0.15) is 5.10 Å². The topological polar surface area (TPSA) is 52.4 Å². The number of rotatable bonds is 8. The highest BCUT2D eigenvalue weighted by Crippen LogP contribution is 2.21. The van der Waals surface area contributed by atoms with Gasteiger partial charge in [-0.05, 0) is 23.8 Å². The number of aromatic nitrogens is 3. The molecule has 6 heteroatoms. The molecule has 1 aromatic carbocycles. The summed E-state index contributed by atoms with van der Waals surface area (Å²) in [6.07, 6.45) is 5.35. The van der Waals surface area contributed by atoms with Crippen LogP contribution in [-0.4, -0.2) is 46.0 Å². The fourth-order valence-electron chi connectivity index (χ4n) is 3.34. The molecule has 0 saturated carbocycles. The second-order valence-corrected chi connectivity index (χ2v) is 6.69. The first-order valence-electron chi connectivity index (χ1n) is 9.28. The summed E-state index contributed by atoms with van der Waals surface area (Å²) >= 11 is 0. The van der Waals surface area contributed by atoms with Crippen molar-refractivity contribution in [3.05, 3.63) is 78.4 Å². The molecule has 1 unspecified atom stereocenters. The van der Waals surface area contributed by atoms with Gasteiger partial charge in [0.25, 0.3) is 0 Å². The molecule has 4 rings (SSSR count).